The molecule has 1 heterocycles. The topological polar surface area (TPSA) is 80.1 Å². The molecular formula is C23H22N2O3S. The summed E-state index contributed by atoms with van der Waals surface area (Å²) in [5, 5.41) is 10.1. The van der Waals surface area contributed by atoms with Gasteiger partial charge >= 0.3 is 5.97 Å². The van der Waals surface area contributed by atoms with Crippen molar-refractivity contribution in [3.05, 3.63) is 65.2 Å². The zero-order valence-corrected chi connectivity index (χ0v) is 16.8. The average molecular weight is 407 g/mol. The van der Waals surface area contributed by atoms with E-state index in [-0.39, 0.29) is 11.4 Å². The monoisotopic (exact) mass is 406 g/mol. The Morgan fingerprint density at radius 2 is 1.66 bits per heavy atom. The first-order chi connectivity index (χ1) is 14.1. The zero-order chi connectivity index (χ0) is 20.2. The number of aromatic nitrogens is 2. The molecule has 0 atom stereocenters. The van der Waals surface area contributed by atoms with Crippen LogP contribution in [0.1, 0.15) is 54.4 Å². The highest BCUT2D eigenvalue weighted by atomic mass is 32.1. The molecule has 0 saturated heterocycles. The molecule has 1 aromatic heterocycles. The minimum absolute atomic E-state index is 0.0827. The van der Waals surface area contributed by atoms with Crippen molar-refractivity contribution in [2.75, 3.05) is 0 Å². The highest BCUT2D eigenvalue weighted by molar-refractivity contribution is 7.00. The van der Waals surface area contributed by atoms with Gasteiger partial charge in [-0.1, -0.05) is 68.5 Å². The summed E-state index contributed by atoms with van der Waals surface area (Å²) < 4.78 is 8.41. The number of benzene rings is 2. The fourth-order valence-electron chi connectivity index (χ4n) is 4.12. The Kier molecular flexibility index (Phi) is 5.81. The molecule has 0 unspecified atom stereocenters. The summed E-state index contributed by atoms with van der Waals surface area (Å²) in [5.74, 6) is -0.946. The summed E-state index contributed by atoms with van der Waals surface area (Å²) in [4.78, 5) is 25.8. The summed E-state index contributed by atoms with van der Waals surface area (Å²) in [7, 11) is 0. The van der Waals surface area contributed by atoms with Crippen molar-refractivity contribution < 1.29 is 14.7 Å². The molecule has 0 amide bonds. The molecule has 6 heteroatoms. The van der Waals surface area contributed by atoms with Gasteiger partial charge in [0, 0.05) is 11.1 Å². The number of carboxylic acids is 1. The van der Waals surface area contributed by atoms with E-state index in [0.717, 1.165) is 42.9 Å². The van der Waals surface area contributed by atoms with Crippen LogP contribution in [0.15, 0.2) is 54.1 Å². The number of fused-ring (bicyclic) bond motifs is 1. The standard InChI is InChI=1S/C23H22N2O3S/c26-22(16-9-5-2-6-10-16)18(13-15-7-3-1-4-8-15)21(23(27)28)17-11-12-19-20(14-17)25-29-24-19/h2,5-6,9-12,14-15H,1,3-4,7-8,13H2,(H,27,28)/b21-18+. The van der Waals surface area contributed by atoms with Crippen molar-refractivity contribution in [3.8, 4) is 0 Å². The second kappa shape index (κ2) is 8.66. The second-order valence-corrected chi connectivity index (χ2v) is 8.06. The van der Waals surface area contributed by atoms with Crippen LogP contribution in [-0.4, -0.2) is 25.6 Å². The molecule has 4 rings (SSSR count). The van der Waals surface area contributed by atoms with Gasteiger partial charge in [0.2, 0.25) is 0 Å². The maximum Gasteiger partial charge on any atom is 0.336 e. The second-order valence-electron chi connectivity index (χ2n) is 7.53. The Morgan fingerprint density at radius 3 is 2.38 bits per heavy atom. The average Bonchev–Trinajstić information content (AvgIpc) is 3.22. The van der Waals surface area contributed by atoms with Crippen LogP contribution in [-0.2, 0) is 4.79 Å². The van der Waals surface area contributed by atoms with E-state index in [9.17, 15) is 14.7 Å². The van der Waals surface area contributed by atoms with Crippen molar-refractivity contribution in [2.45, 2.75) is 38.5 Å². The molecule has 3 aromatic rings. The van der Waals surface area contributed by atoms with Crippen LogP contribution in [0, 0.1) is 5.92 Å². The van der Waals surface area contributed by atoms with Crippen molar-refractivity contribution >= 4 is 40.1 Å². The number of rotatable bonds is 6. The van der Waals surface area contributed by atoms with Crippen LogP contribution < -0.4 is 0 Å². The number of Topliss-reactive ketones (excluding diaryl/α,β-unsaturated/α-hetero) is 1. The summed E-state index contributed by atoms with van der Waals surface area (Å²) in [6, 6.07) is 14.2. The Hall–Kier alpha value is -2.86. The van der Waals surface area contributed by atoms with E-state index in [1.165, 1.54) is 6.42 Å². The van der Waals surface area contributed by atoms with Gasteiger partial charge in [-0.2, -0.15) is 8.75 Å². The van der Waals surface area contributed by atoms with E-state index in [4.69, 9.17) is 0 Å². The number of carbonyl (C=O) groups is 2. The fourth-order valence-corrected chi connectivity index (χ4v) is 4.63. The maximum absolute atomic E-state index is 13.4. The number of allylic oxidation sites excluding steroid dienone is 1. The molecule has 0 aliphatic heterocycles. The first-order valence-electron chi connectivity index (χ1n) is 9.92. The zero-order valence-electron chi connectivity index (χ0n) is 16.0. The van der Waals surface area contributed by atoms with E-state index >= 15 is 0 Å². The van der Waals surface area contributed by atoms with Crippen LogP contribution in [0.5, 0.6) is 0 Å². The Morgan fingerprint density at radius 1 is 0.931 bits per heavy atom. The predicted molar refractivity (Wildman–Crippen MR) is 114 cm³/mol. The first-order valence-corrected chi connectivity index (χ1v) is 10.7. The van der Waals surface area contributed by atoms with E-state index in [0.29, 0.717) is 34.6 Å². The predicted octanol–water partition coefficient (Wildman–Crippen LogP) is 5.38. The lowest BCUT2D eigenvalue weighted by Gasteiger charge is -2.23. The molecule has 5 nitrogen and oxygen atoms in total. The lowest BCUT2D eigenvalue weighted by Crippen LogP contribution is -2.16. The number of carbonyl (C=O) groups excluding carboxylic acids is 1. The van der Waals surface area contributed by atoms with Crippen molar-refractivity contribution in [1.29, 1.82) is 0 Å². The largest absolute Gasteiger partial charge is 0.478 e. The van der Waals surface area contributed by atoms with Crippen LogP contribution in [0.3, 0.4) is 0 Å². The van der Waals surface area contributed by atoms with Crippen LogP contribution in [0.25, 0.3) is 16.6 Å². The van der Waals surface area contributed by atoms with Gasteiger partial charge < -0.3 is 5.11 Å². The number of carboxylic acid groups (broad SMARTS) is 1. The molecule has 1 aliphatic rings. The fraction of sp³-hybridized carbons (Fsp3) is 0.304. The maximum atomic E-state index is 13.4. The molecule has 2 aromatic carbocycles. The smallest absolute Gasteiger partial charge is 0.336 e. The molecule has 0 spiro atoms. The minimum atomic E-state index is -1.08. The van der Waals surface area contributed by atoms with Gasteiger partial charge in [0.15, 0.2) is 5.78 Å². The lowest BCUT2D eigenvalue weighted by atomic mass is 9.81. The first kappa shape index (κ1) is 19.5. The van der Waals surface area contributed by atoms with Crippen molar-refractivity contribution in [1.82, 2.24) is 8.75 Å². The normalized spacial score (nSPS) is 15.9. The molecule has 1 fully saturated rings. The van der Waals surface area contributed by atoms with Gasteiger partial charge in [0.1, 0.15) is 11.0 Å². The van der Waals surface area contributed by atoms with Gasteiger partial charge in [-0.25, -0.2) is 4.79 Å². The van der Waals surface area contributed by atoms with Crippen LogP contribution in [0.4, 0.5) is 0 Å². The Balaban J connectivity index is 1.84. The lowest BCUT2D eigenvalue weighted by molar-refractivity contribution is -0.130. The highest BCUT2D eigenvalue weighted by Crippen LogP contribution is 2.34. The number of hydrogen-bond donors (Lipinski definition) is 1. The van der Waals surface area contributed by atoms with E-state index < -0.39 is 5.97 Å². The summed E-state index contributed by atoms with van der Waals surface area (Å²) in [6.07, 6.45) is 6.04. The molecule has 148 valence electrons. The third kappa shape index (κ3) is 4.27. The Labute approximate surface area is 173 Å². The molecule has 29 heavy (non-hydrogen) atoms. The molecule has 0 radical (unpaired) electrons. The van der Waals surface area contributed by atoms with Gasteiger partial charge in [0.25, 0.3) is 0 Å². The summed E-state index contributed by atoms with van der Waals surface area (Å²) in [6.45, 7) is 0. The van der Waals surface area contributed by atoms with Gasteiger partial charge in [0.05, 0.1) is 17.3 Å². The number of ketones is 1. The van der Waals surface area contributed by atoms with Gasteiger partial charge in [-0.3, -0.25) is 4.79 Å². The van der Waals surface area contributed by atoms with E-state index in [1.54, 1.807) is 42.5 Å². The highest BCUT2D eigenvalue weighted by Gasteiger charge is 2.27. The number of aliphatic carboxylic acids is 1. The number of hydrogen-bond acceptors (Lipinski definition) is 5. The molecule has 1 N–H and O–H groups in total. The third-order valence-electron chi connectivity index (χ3n) is 5.59. The van der Waals surface area contributed by atoms with Crippen molar-refractivity contribution in [3.63, 3.8) is 0 Å². The van der Waals surface area contributed by atoms with Crippen molar-refractivity contribution in [2.24, 2.45) is 5.92 Å². The Bertz CT molecular complexity index is 1070. The summed E-state index contributed by atoms with van der Waals surface area (Å²) in [5.41, 5.74) is 2.88. The quantitative estimate of drug-likeness (QED) is 0.439. The van der Waals surface area contributed by atoms with E-state index in [2.05, 4.69) is 8.75 Å². The molecule has 1 saturated carbocycles. The molecular weight excluding hydrogens is 384 g/mol. The molecule has 1 aliphatic carbocycles. The minimum Gasteiger partial charge on any atom is -0.478 e. The SMILES string of the molecule is O=C(O)/C(=C(\CC1CCCCC1)C(=O)c1ccccc1)c1ccc2nsnc2c1. The van der Waals surface area contributed by atoms with Gasteiger partial charge in [-0.05, 0) is 30.0 Å². The summed E-state index contributed by atoms with van der Waals surface area (Å²) >= 11 is 1.09. The number of nitrogens with zero attached hydrogens (tertiary/aromatic N) is 2. The molecule has 0 bridgehead atoms. The van der Waals surface area contributed by atoms with Crippen LogP contribution in [0.2, 0.25) is 0 Å². The third-order valence-corrected chi connectivity index (χ3v) is 6.14. The van der Waals surface area contributed by atoms with Gasteiger partial charge in [-0.15, -0.1) is 0 Å². The van der Waals surface area contributed by atoms with Crippen LogP contribution >= 0.6 is 11.7 Å². The van der Waals surface area contributed by atoms with E-state index in [1.807, 2.05) is 6.07 Å².